The fraction of sp³-hybridized carbons (Fsp3) is 0.600. The van der Waals surface area contributed by atoms with Gasteiger partial charge in [0.25, 0.3) is 0 Å². The Morgan fingerprint density at radius 3 is 2.65 bits per heavy atom. The Bertz CT molecular complexity index is 758. The summed E-state index contributed by atoms with van der Waals surface area (Å²) in [6.45, 7) is 4.88. The van der Waals surface area contributed by atoms with Crippen molar-refractivity contribution in [2.24, 2.45) is 0 Å². The van der Waals surface area contributed by atoms with E-state index in [1.807, 2.05) is 18.7 Å². The minimum Gasteiger partial charge on any atom is -0.354 e. The van der Waals surface area contributed by atoms with Crippen LogP contribution in [0.2, 0.25) is 5.02 Å². The molecular formula is C15H21ClN4O2S. The van der Waals surface area contributed by atoms with E-state index in [1.54, 1.807) is 7.05 Å². The fourth-order valence-electron chi connectivity index (χ4n) is 2.89. The molecule has 6 nitrogen and oxygen atoms in total. The second-order valence-electron chi connectivity index (χ2n) is 5.97. The minimum absolute atomic E-state index is 0.122. The van der Waals surface area contributed by atoms with Crippen molar-refractivity contribution in [3.63, 3.8) is 0 Å². The Morgan fingerprint density at radius 1 is 1.43 bits per heavy atom. The van der Waals surface area contributed by atoms with Gasteiger partial charge in [0.2, 0.25) is 10.0 Å². The number of aryl methyl sites for hydroxylation is 1. The lowest BCUT2D eigenvalue weighted by molar-refractivity contribution is 0.321. The van der Waals surface area contributed by atoms with Gasteiger partial charge in [0.1, 0.15) is 11.9 Å². The molecule has 0 saturated carbocycles. The summed E-state index contributed by atoms with van der Waals surface area (Å²) in [5.41, 5.74) is 1.86. The van der Waals surface area contributed by atoms with Gasteiger partial charge in [0.05, 0.1) is 22.5 Å². The van der Waals surface area contributed by atoms with Crippen molar-refractivity contribution >= 4 is 27.4 Å². The Morgan fingerprint density at radius 2 is 2.09 bits per heavy atom. The van der Waals surface area contributed by atoms with Crippen LogP contribution in [0.4, 0.5) is 5.82 Å². The molecule has 2 rings (SSSR count). The summed E-state index contributed by atoms with van der Waals surface area (Å²) < 4.78 is 24.9. The third kappa shape index (κ3) is 3.60. The molecular weight excluding hydrogens is 336 g/mol. The summed E-state index contributed by atoms with van der Waals surface area (Å²) in [6.07, 6.45) is 2.85. The van der Waals surface area contributed by atoms with Gasteiger partial charge in [-0.05, 0) is 32.3 Å². The first kappa shape index (κ1) is 18.0. The standard InChI is InChI=1S/C15H21ClN4O2S/c1-10-13(8-17)15(18-11(2)14(10)16)20-7-5-6-12(9-20)19(3)23(4,21)22/h12H,5-7,9H2,1-4H3. The lowest BCUT2D eigenvalue weighted by atomic mass is 10.0. The summed E-state index contributed by atoms with van der Waals surface area (Å²) >= 11 is 6.19. The number of pyridine rings is 1. The molecule has 1 saturated heterocycles. The van der Waals surface area contributed by atoms with Crippen LogP contribution < -0.4 is 4.90 Å². The number of aromatic nitrogens is 1. The van der Waals surface area contributed by atoms with E-state index < -0.39 is 10.0 Å². The van der Waals surface area contributed by atoms with Crippen molar-refractivity contribution in [3.05, 3.63) is 21.8 Å². The lowest BCUT2D eigenvalue weighted by Gasteiger charge is -2.37. The highest BCUT2D eigenvalue weighted by molar-refractivity contribution is 7.88. The van der Waals surface area contributed by atoms with Crippen molar-refractivity contribution in [1.29, 1.82) is 5.26 Å². The van der Waals surface area contributed by atoms with Crippen molar-refractivity contribution in [3.8, 4) is 6.07 Å². The summed E-state index contributed by atoms with van der Waals surface area (Å²) in [5.74, 6) is 0.596. The summed E-state index contributed by atoms with van der Waals surface area (Å²) in [4.78, 5) is 6.48. The summed E-state index contributed by atoms with van der Waals surface area (Å²) in [5, 5.41) is 9.97. The number of nitrogens with zero attached hydrogens (tertiary/aromatic N) is 4. The van der Waals surface area contributed by atoms with E-state index in [2.05, 4.69) is 11.1 Å². The number of nitriles is 1. The molecule has 0 bridgehead atoms. The van der Waals surface area contributed by atoms with Gasteiger partial charge in [-0.25, -0.2) is 17.7 Å². The highest BCUT2D eigenvalue weighted by atomic mass is 35.5. The third-order valence-corrected chi connectivity index (χ3v) is 6.27. The van der Waals surface area contributed by atoms with Gasteiger partial charge in [-0.1, -0.05) is 11.6 Å². The predicted molar refractivity (Wildman–Crippen MR) is 91.3 cm³/mol. The smallest absolute Gasteiger partial charge is 0.211 e. The van der Waals surface area contributed by atoms with Crippen molar-refractivity contribution in [1.82, 2.24) is 9.29 Å². The van der Waals surface area contributed by atoms with Gasteiger partial charge >= 0.3 is 0 Å². The quantitative estimate of drug-likeness (QED) is 0.828. The number of halogens is 1. The molecule has 1 aromatic rings. The number of hydrogen-bond acceptors (Lipinski definition) is 5. The van der Waals surface area contributed by atoms with Gasteiger partial charge in [-0.3, -0.25) is 0 Å². The molecule has 0 aliphatic carbocycles. The van der Waals surface area contributed by atoms with Crippen LogP contribution in [-0.4, -0.2) is 50.1 Å². The van der Waals surface area contributed by atoms with Gasteiger partial charge in [-0.2, -0.15) is 5.26 Å². The molecule has 1 fully saturated rings. The highest BCUT2D eigenvalue weighted by Gasteiger charge is 2.30. The van der Waals surface area contributed by atoms with E-state index in [-0.39, 0.29) is 6.04 Å². The van der Waals surface area contributed by atoms with Crippen LogP contribution in [0.3, 0.4) is 0 Å². The average molecular weight is 357 g/mol. The van der Waals surface area contributed by atoms with Gasteiger partial charge < -0.3 is 4.90 Å². The van der Waals surface area contributed by atoms with Crippen LogP contribution in [0.1, 0.15) is 29.7 Å². The first-order valence-corrected chi connectivity index (χ1v) is 9.64. The molecule has 1 unspecified atom stereocenters. The second kappa shape index (κ2) is 6.63. The molecule has 126 valence electrons. The molecule has 0 radical (unpaired) electrons. The van der Waals surface area contributed by atoms with Crippen molar-refractivity contribution < 1.29 is 8.42 Å². The number of hydrogen-bond donors (Lipinski definition) is 0. The van der Waals surface area contributed by atoms with Crippen LogP contribution in [0.5, 0.6) is 0 Å². The molecule has 8 heteroatoms. The largest absolute Gasteiger partial charge is 0.354 e. The third-order valence-electron chi connectivity index (χ3n) is 4.36. The SMILES string of the molecule is Cc1nc(N2CCCC(N(C)S(C)(=O)=O)C2)c(C#N)c(C)c1Cl. The average Bonchev–Trinajstić information content (AvgIpc) is 2.50. The Hall–Kier alpha value is -1.36. The molecule has 1 atom stereocenters. The van der Waals surface area contributed by atoms with Crippen LogP contribution in [0, 0.1) is 25.2 Å². The number of anilines is 1. The van der Waals surface area contributed by atoms with E-state index in [4.69, 9.17) is 11.6 Å². The Labute approximate surface area is 142 Å². The maximum Gasteiger partial charge on any atom is 0.211 e. The zero-order valence-corrected chi connectivity index (χ0v) is 15.4. The Balaban J connectivity index is 2.38. The molecule has 0 spiro atoms. The van der Waals surface area contributed by atoms with E-state index in [0.29, 0.717) is 28.6 Å². The number of likely N-dealkylation sites (N-methyl/N-ethyl adjacent to an activating group) is 1. The topological polar surface area (TPSA) is 77.3 Å². The summed E-state index contributed by atoms with van der Waals surface area (Å²) in [6, 6.07) is 2.06. The zero-order valence-electron chi connectivity index (χ0n) is 13.8. The molecule has 0 aromatic carbocycles. The van der Waals surface area contributed by atoms with E-state index in [9.17, 15) is 13.7 Å². The number of piperidine rings is 1. The first-order valence-electron chi connectivity index (χ1n) is 7.41. The molecule has 1 aliphatic rings. The van der Waals surface area contributed by atoms with E-state index >= 15 is 0 Å². The molecule has 2 heterocycles. The van der Waals surface area contributed by atoms with E-state index in [1.165, 1.54) is 10.6 Å². The molecule has 0 amide bonds. The van der Waals surface area contributed by atoms with Crippen molar-refractivity contribution in [2.75, 3.05) is 31.3 Å². The van der Waals surface area contributed by atoms with Crippen molar-refractivity contribution in [2.45, 2.75) is 32.7 Å². The zero-order chi connectivity index (χ0) is 17.4. The first-order chi connectivity index (χ1) is 10.7. The van der Waals surface area contributed by atoms with Crippen LogP contribution in [0.25, 0.3) is 0 Å². The number of rotatable bonds is 3. The highest BCUT2D eigenvalue weighted by Crippen LogP contribution is 2.31. The predicted octanol–water partition coefficient (Wildman–Crippen LogP) is 2.08. The second-order valence-corrected chi connectivity index (χ2v) is 8.39. The molecule has 0 N–H and O–H groups in total. The monoisotopic (exact) mass is 356 g/mol. The van der Waals surface area contributed by atoms with Gasteiger partial charge in [0.15, 0.2) is 0 Å². The van der Waals surface area contributed by atoms with Crippen LogP contribution in [-0.2, 0) is 10.0 Å². The van der Waals surface area contributed by atoms with Gasteiger partial charge in [-0.15, -0.1) is 0 Å². The molecule has 23 heavy (non-hydrogen) atoms. The maximum absolute atomic E-state index is 11.8. The molecule has 1 aliphatic heterocycles. The minimum atomic E-state index is -3.25. The Kier molecular flexibility index (Phi) is 5.19. The van der Waals surface area contributed by atoms with Gasteiger partial charge in [0, 0.05) is 26.2 Å². The lowest BCUT2D eigenvalue weighted by Crippen LogP contribution is -2.48. The summed E-state index contributed by atoms with van der Waals surface area (Å²) in [7, 11) is -1.65. The van der Waals surface area contributed by atoms with E-state index in [0.717, 1.165) is 24.9 Å². The molecule has 1 aromatic heterocycles. The normalized spacial score (nSPS) is 19.0. The van der Waals surface area contributed by atoms with Crippen LogP contribution >= 0.6 is 11.6 Å². The fourth-order valence-corrected chi connectivity index (χ4v) is 3.74. The van der Waals surface area contributed by atoms with Crippen LogP contribution in [0.15, 0.2) is 0 Å². The maximum atomic E-state index is 11.8. The number of sulfonamides is 1.